The monoisotopic (exact) mass is 294 g/mol. The lowest BCUT2D eigenvalue weighted by atomic mass is 10.0. The van der Waals surface area contributed by atoms with Crippen LogP contribution in [0, 0.1) is 5.82 Å². The van der Waals surface area contributed by atoms with Crippen molar-refractivity contribution in [2.75, 3.05) is 0 Å². The van der Waals surface area contributed by atoms with Gasteiger partial charge in [-0.2, -0.15) is 10.2 Å². The minimum atomic E-state index is -0.373. The molecule has 0 aliphatic carbocycles. The van der Waals surface area contributed by atoms with Crippen molar-refractivity contribution < 1.29 is 4.39 Å². The van der Waals surface area contributed by atoms with Gasteiger partial charge >= 0.3 is 0 Å². The molecule has 7 heteroatoms. The highest BCUT2D eigenvalue weighted by Gasteiger charge is 2.16. The number of nitrogens with one attached hydrogen (secondary N) is 1. The van der Waals surface area contributed by atoms with E-state index in [-0.39, 0.29) is 5.82 Å². The molecule has 0 atom stereocenters. The predicted molar refractivity (Wildman–Crippen MR) is 79.3 cm³/mol. The summed E-state index contributed by atoms with van der Waals surface area (Å²) in [6.45, 7) is 0. The Hall–Kier alpha value is -3.09. The number of aromatic nitrogens is 6. The van der Waals surface area contributed by atoms with Crippen LogP contribution in [-0.2, 0) is 7.05 Å². The molecule has 1 N–H and O–H groups in total. The quantitative estimate of drug-likeness (QED) is 0.616. The summed E-state index contributed by atoms with van der Waals surface area (Å²) in [6.07, 6.45) is 6.53. The Morgan fingerprint density at radius 2 is 2.00 bits per heavy atom. The molecule has 4 aromatic heterocycles. The van der Waals surface area contributed by atoms with Crippen LogP contribution in [0.5, 0.6) is 0 Å². The second-order valence-corrected chi connectivity index (χ2v) is 4.92. The first-order valence-corrected chi connectivity index (χ1v) is 6.66. The van der Waals surface area contributed by atoms with Crippen LogP contribution in [0.25, 0.3) is 33.5 Å². The number of fused-ring (bicyclic) bond motifs is 1. The second-order valence-electron chi connectivity index (χ2n) is 4.92. The highest BCUT2D eigenvalue weighted by atomic mass is 19.1. The first-order chi connectivity index (χ1) is 10.7. The van der Waals surface area contributed by atoms with Gasteiger partial charge in [-0.15, -0.1) is 0 Å². The summed E-state index contributed by atoms with van der Waals surface area (Å²) in [6, 6.07) is 4.90. The first-order valence-electron chi connectivity index (χ1n) is 6.66. The molecule has 22 heavy (non-hydrogen) atoms. The van der Waals surface area contributed by atoms with Crippen molar-refractivity contribution in [1.29, 1.82) is 0 Å². The maximum atomic E-state index is 13.1. The van der Waals surface area contributed by atoms with E-state index in [1.54, 1.807) is 23.1 Å². The summed E-state index contributed by atoms with van der Waals surface area (Å²) < 4.78 is 14.8. The van der Waals surface area contributed by atoms with Gasteiger partial charge < -0.3 is 0 Å². The zero-order chi connectivity index (χ0) is 15.1. The summed E-state index contributed by atoms with van der Waals surface area (Å²) in [7, 11) is 1.84. The zero-order valence-electron chi connectivity index (χ0n) is 11.7. The Bertz CT molecular complexity index is 954. The van der Waals surface area contributed by atoms with E-state index in [9.17, 15) is 4.39 Å². The Morgan fingerprint density at radius 1 is 1.09 bits per heavy atom. The summed E-state index contributed by atoms with van der Waals surface area (Å²) in [5, 5.41) is 12.2. The minimum absolute atomic E-state index is 0.373. The van der Waals surface area contributed by atoms with Crippen LogP contribution in [-0.4, -0.2) is 29.9 Å². The van der Waals surface area contributed by atoms with E-state index in [4.69, 9.17) is 0 Å². The molecule has 0 fully saturated rings. The number of halogens is 1. The Labute approximate surface area is 124 Å². The van der Waals surface area contributed by atoms with E-state index in [2.05, 4.69) is 25.3 Å². The molecule has 6 nitrogen and oxygen atoms in total. The van der Waals surface area contributed by atoms with Crippen molar-refractivity contribution in [3.05, 3.63) is 48.8 Å². The molecule has 4 heterocycles. The van der Waals surface area contributed by atoms with E-state index >= 15 is 0 Å². The van der Waals surface area contributed by atoms with Gasteiger partial charge in [0.2, 0.25) is 0 Å². The van der Waals surface area contributed by atoms with Crippen LogP contribution in [0.2, 0.25) is 0 Å². The molecular formula is C15H11FN6. The molecule has 0 bridgehead atoms. The molecule has 0 aliphatic rings. The van der Waals surface area contributed by atoms with Crippen molar-refractivity contribution in [1.82, 2.24) is 29.9 Å². The summed E-state index contributed by atoms with van der Waals surface area (Å²) in [4.78, 5) is 8.36. The third kappa shape index (κ3) is 1.95. The fourth-order valence-electron chi connectivity index (χ4n) is 2.48. The number of nitrogens with zero attached hydrogens (tertiary/aromatic N) is 5. The smallest absolute Gasteiger partial charge is 0.155 e. The molecule has 0 unspecified atom stereocenters. The summed E-state index contributed by atoms with van der Waals surface area (Å²) >= 11 is 0. The zero-order valence-corrected chi connectivity index (χ0v) is 11.7. The maximum Gasteiger partial charge on any atom is 0.155 e. The highest BCUT2D eigenvalue weighted by Crippen LogP contribution is 2.33. The topological polar surface area (TPSA) is 72.3 Å². The third-order valence-corrected chi connectivity index (χ3v) is 3.44. The summed E-state index contributed by atoms with van der Waals surface area (Å²) in [5.41, 5.74) is 3.87. The van der Waals surface area contributed by atoms with E-state index in [1.807, 2.05) is 19.3 Å². The number of H-pyrrole nitrogens is 1. The SMILES string of the molecule is Cn1cc(-c2ccnc3[nH]ncc23)c(-c2ccc(F)cn2)n1. The highest BCUT2D eigenvalue weighted by molar-refractivity contribution is 5.95. The second kappa shape index (κ2) is 4.73. The Kier molecular flexibility index (Phi) is 2.72. The van der Waals surface area contributed by atoms with Crippen molar-refractivity contribution in [3.8, 4) is 22.5 Å². The molecule has 108 valence electrons. The van der Waals surface area contributed by atoms with Crippen molar-refractivity contribution in [3.63, 3.8) is 0 Å². The maximum absolute atomic E-state index is 13.1. The number of aryl methyl sites for hydroxylation is 1. The number of hydrogen-bond acceptors (Lipinski definition) is 4. The lowest BCUT2D eigenvalue weighted by Crippen LogP contribution is -1.90. The first kappa shape index (κ1) is 12.6. The van der Waals surface area contributed by atoms with Crippen LogP contribution in [0.3, 0.4) is 0 Å². The van der Waals surface area contributed by atoms with E-state index in [0.29, 0.717) is 17.0 Å². The molecule has 4 rings (SSSR count). The fourth-order valence-corrected chi connectivity index (χ4v) is 2.48. The number of hydrogen-bond donors (Lipinski definition) is 1. The van der Waals surface area contributed by atoms with Crippen LogP contribution in [0.1, 0.15) is 0 Å². The molecule has 0 aliphatic heterocycles. The lowest BCUT2D eigenvalue weighted by molar-refractivity contribution is 0.621. The van der Waals surface area contributed by atoms with Gasteiger partial charge in [0.15, 0.2) is 5.65 Å². The van der Waals surface area contributed by atoms with Gasteiger partial charge in [0.25, 0.3) is 0 Å². The number of pyridine rings is 2. The van der Waals surface area contributed by atoms with Gasteiger partial charge in [-0.05, 0) is 23.8 Å². The van der Waals surface area contributed by atoms with Crippen LogP contribution in [0.4, 0.5) is 4.39 Å². The Balaban J connectivity index is 1.96. The molecule has 0 saturated heterocycles. The largest absolute Gasteiger partial charge is 0.274 e. The lowest BCUT2D eigenvalue weighted by Gasteiger charge is -2.03. The van der Waals surface area contributed by atoms with E-state index in [1.165, 1.54) is 12.3 Å². The van der Waals surface area contributed by atoms with Crippen molar-refractivity contribution >= 4 is 11.0 Å². The predicted octanol–water partition coefficient (Wildman–Crippen LogP) is 2.56. The molecule has 0 amide bonds. The van der Waals surface area contributed by atoms with Crippen LogP contribution >= 0.6 is 0 Å². The molecular weight excluding hydrogens is 283 g/mol. The summed E-state index contributed by atoms with van der Waals surface area (Å²) in [5.74, 6) is -0.373. The normalized spacial score (nSPS) is 11.2. The molecule has 4 aromatic rings. The average Bonchev–Trinajstić information content (AvgIpc) is 3.14. The van der Waals surface area contributed by atoms with Crippen molar-refractivity contribution in [2.24, 2.45) is 7.05 Å². The number of rotatable bonds is 2. The van der Waals surface area contributed by atoms with Crippen molar-refractivity contribution in [2.45, 2.75) is 0 Å². The third-order valence-electron chi connectivity index (χ3n) is 3.44. The fraction of sp³-hybridized carbons (Fsp3) is 0.0667. The van der Waals surface area contributed by atoms with Gasteiger partial charge in [0, 0.05) is 30.4 Å². The van der Waals surface area contributed by atoms with Gasteiger partial charge in [-0.3, -0.25) is 14.8 Å². The number of aromatic amines is 1. The molecule has 0 radical (unpaired) electrons. The van der Waals surface area contributed by atoms with E-state index in [0.717, 1.165) is 16.5 Å². The average molecular weight is 294 g/mol. The van der Waals surface area contributed by atoms with E-state index < -0.39 is 0 Å². The van der Waals surface area contributed by atoms with Gasteiger partial charge in [-0.25, -0.2) is 9.37 Å². The minimum Gasteiger partial charge on any atom is -0.274 e. The van der Waals surface area contributed by atoms with Gasteiger partial charge in [0.05, 0.1) is 18.1 Å². The Morgan fingerprint density at radius 3 is 2.82 bits per heavy atom. The standard InChI is InChI=1S/C15H11FN6/c1-22-8-12(10-4-5-17-15-11(10)7-19-20-15)14(21-22)13-3-2-9(16)6-18-13/h2-8H,1H3,(H,17,19,20). The van der Waals surface area contributed by atoms with Gasteiger partial charge in [0.1, 0.15) is 11.5 Å². The van der Waals surface area contributed by atoms with Crippen LogP contribution < -0.4 is 0 Å². The molecule has 0 saturated carbocycles. The molecule has 0 aromatic carbocycles. The molecule has 0 spiro atoms. The van der Waals surface area contributed by atoms with Crippen LogP contribution in [0.15, 0.2) is 43.0 Å². The van der Waals surface area contributed by atoms with Gasteiger partial charge in [-0.1, -0.05) is 0 Å².